The molecule has 0 heterocycles. The van der Waals surface area contributed by atoms with E-state index in [4.69, 9.17) is 17.3 Å². The van der Waals surface area contributed by atoms with E-state index in [9.17, 15) is 0 Å². The number of rotatable bonds is 5. The molecular weight excluding hydrogens is 254 g/mol. The summed E-state index contributed by atoms with van der Waals surface area (Å²) in [6, 6.07) is 16.3. The summed E-state index contributed by atoms with van der Waals surface area (Å²) in [7, 11) is 0. The predicted octanol–water partition coefficient (Wildman–Crippen LogP) is 4.73. The van der Waals surface area contributed by atoms with E-state index in [1.165, 1.54) is 18.4 Å². The fourth-order valence-electron chi connectivity index (χ4n) is 2.14. The van der Waals surface area contributed by atoms with Crippen LogP contribution in [0.15, 0.2) is 48.5 Å². The highest BCUT2D eigenvalue weighted by molar-refractivity contribution is 6.30. The second-order valence-electron chi connectivity index (χ2n) is 4.87. The van der Waals surface area contributed by atoms with Gasteiger partial charge in [-0.15, -0.1) is 0 Å². The van der Waals surface area contributed by atoms with E-state index in [0.717, 1.165) is 22.6 Å². The maximum absolute atomic E-state index is 6.27. The molecule has 0 fully saturated rings. The van der Waals surface area contributed by atoms with Crippen LogP contribution in [0, 0.1) is 0 Å². The third-order valence-electron chi connectivity index (χ3n) is 3.39. The lowest BCUT2D eigenvalue weighted by Gasteiger charge is -2.13. The molecule has 0 aliphatic rings. The van der Waals surface area contributed by atoms with Gasteiger partial charge in [0.15, 0.2) is 0 Å². The molecule has 0 aromatic heterocycles. The Morgan fingerprint density at radius 2 is 1.47 bits per heavy atom. The standard InChI is InChI=1S/C17H20ClN/c1-2-3-4-13-5-7-14(8-6-13)17(19)15-9-11-16(18)12-10-15/h5-12,17H,2-4,19H2,1H3. The summed E-state index contributed by atoms with van der Waals surface area (Å²) >= 11 is 5.89. The third-order valence-corrected chi connectivity index (χ3v) is 3.64. The van der Waals surface area contributed by atoms with Crippen LogP contribution >= 0.6 is 11.6 Å². The van der Waals surface area contributed by atoms with Crippen molar-refractivity contribution < 1.29 is 0 Å². The molecule has 0 amide bonds. The van der Waals surface area contributed by atoms with Crippen molar-refractivity contribution in [3.63, 3.8) is 0 Å². The summed E-state index contributed by atoms with van der Waals surface area (Å²) in [4.78, 5) is 0. The van der Waals surface area contributed by atoms with E-state index < -0.39 is 0 Å². The second kappa shape index (κ2) is 6.74. The number of halogens is 1. The van der Waals surface area contributed by atoms with E-state index in [0.29, 0.717) is 0 Å². The van der Waals surface area contributed by atoms with Crippen molar-refractivity contribution in [3.8, 4) is 0 Å². The average Bonchev–Trinajstić information content (AvgIpc) is 2.46. The Kier molecular flexibility index (Phi) is 5.00. The van der Waals surface area contributed by atoms with Gasteiger partial charge < -0.3 is 5.73 Å². The lowest BCUT2D eigenvalue weighted by Crippen LogP contribution is -2.11. The van der Waals surface area contributed by atoms with Gasteiger partial charge in [-0.05, 0) is 41.7 Å². The Morgan fingerprint density at radius 3 is 2.00 bits per heavy atom. The minimum absolute atomic E-state index is 0.0857. The van der Waals surface area contributed by atoms with Crippen LogP contribution in [0.1, 0.15) is 42.5 Å². The normalized spacial score (nSPS) is 12.4. The van der Waals surface area contributed by atoms with Crippen LogP contribution in [-0.2, 0) is 6.42 Å². The van der Waals surface area contributed by atoms with Crippen LogP contribution in [0.5, 0.6) is 0 Å². The molecule has 0 saturated carbocycles. The Balaban J connectivity index is 2.10. The Bertz CT molecular complexity index is 502. The molecule has 19 heavy (non-hydrogen) atoms. The van der Waals surface area contributed by atoms with E-state index in [2.05, 4.69) is 31.2 Å². The van der Waals surface area contributed by atoms with Crippen molar-refractivity contribution in [1.29, 1.82) is 0 Å². The van der Waals surface area contributed by atoms with Gasteiger partial charge in [-0.25, -0.2) is 0 Å². The number of hydrogen-bond acceptors (Lipinski definition) is 1. The molecule has 0 spiro atoms. The van der Waals surface area contributed by atoms with Crippen molar-refractivity contribution in [3.05, 3.63) is 70.2 Å². The van der Waals surface area contributed by atoms with Gasteiger partial charge in [-0.3, -0.25) is 0 Å². The molecule has 0 radical (unpaired) electrons. The molecule has 0 bridgehead atoms. The van der Waals surface area contributed by atoms with Crippen LogP contribution in [-0.4, -0.2) is 0 Å². The molecule has 0 saturated heterocycles. The van der Waals surface area contributed by atoms with E-state index in [1.54, 1.807) is 0 Å². The third kappa shape index (κ3) is 3.82. The summed E-state index contributed by atoms with van der Waals surface area (Å²) in [5, 5.41) is 0.742. The van der Waals surface area contributed by atoms with Crippen molar-refractivity contribution in [2.45, 2.75) is 32.2 Å². The smallest absolute Gasteiger partial charge is 0.0551 e. The summed E-state index contributed by atoms with van der Waals surface area (Å²) in [6.45, 7) is 2.21. The molecule has 2 heteroatoms. The van der Waals surface area contributed by atoms with Crippen LogP contribution < -0.4 is 5.73 Å². The maximum Gasteiger partial charge on any atom is 0.0551 e. The predicted molar refractivity (Wildman–Crippen MR) is 82.5 cm³/mol. The lowest BCUT2D eigenvalue weighted by molar-refractivity contribution is 0.793. The quantitative estimate of drug-likeness (QED) is 0.837. The van der Waals surface area contributed by atoms with Crippen LogP contribution in [0.25, 0.3) is 0 Å². The molecule has 1 unspecified atom stereocenters. The molecule has 2 rings (SSSR count). The number of hydrogen-bond donors (Lipinski definition) is 1. The van der Waals surface area contributed by atoms with Gasteiger partial charge in [0, 0.05) is 5.02 Å². The Morgan fingerprint density at radius 1 is 0.947 bits per heavy atom. The van der Waals surface area contributed by atoms with Gasteiger partial charge in [-0.2, -0.15) is 0 Å². The number of unbranched alkanes of at least 4 members (excludes halogenated alkanes) is 1. The highest BCUT2D eigenvalue weighted by Crippen LogP contribution is 2.22. The first-order valence-electron chi connectivity index (χ1n) is 6.80. The van der Waals surface area contributed by atoms with Crippen molar-refractivity contribution in [2.75, 3.05) is 0 Å². The molecule has 0 aliphatic heterocycles. The van der Waals surface area contributed by atoms with Crippen LogP contribution in [0.3, 0.4) is 0 Å². The molecule has 0 aliphatic carbocycles. The van der Waals surface area contributed by atoms with Gasteiger partial charge in [0.2, 0.25) is 0 Å². The first-order valence-corrected chi connectivity index (χ1v) is 7.18. The molecular formula is C17H20ClN. The zero-order valence-electron chi connectivity index (χ0n) is 11.3. The van der Waals surface area contributed by atoms with Crippen molar-refractivity contribution in [1.82, 2.24) is 0 Å². The molecule has 2 aromatic rings. The van der Waals surface area contributed by atoms with E-state index in [-0.39, 0.29) is 6.04 Å². The first-order chi connectivity index (χ1) is 9.20. The molecule has 100 valence electrons. The van der Waals surface area contributed by atoms with Crippen LogP contribution in [0.2, 0.25) is 5.02 Å². The summed E-state index contributed by atoms with van der Waals surface area (Å²) in [5.74, 6) is 0. The number of aryl methyl sites for hydroxylation is 1. The summed E-state index contributed by atoms with van der Waals surface area (Å²) in [5.41, 5.74) is 9.89. The van der Waals surface area contributed by atoms with Gasteiger partial charge in [0.1, 0.15) is 0 Å². The summed E-state index contributed by atoms with van der Waals surface area (Å²) < 4.78 is 0. The first kappa shape index (κ1) is 14.1. The molecule has 1 nitrogen and oxygen atoms in total. The largest absolute Gasteiger partial charge is 0.320 e. The van der Waals surface area contributed by atoms with Gasteiger partial charge in [-0.1, -0.05) is 61.3 Å². The highest BCUT2D eigenvalue weighted by Gasteiger charge is 2.08. The Hall–Kier alpha value is -1.31. The van der Waals surface area contributed by atoms with E-state index in [1.807, 2.05) is 24.3 Å². The van der Waals surface area contributed by atoms with Crippen LogP contribution in [0.4, 0.5) is 0 Å². The van der Waals surface area contributed by atoms with Crippen molar-refractivity contribution in [2.24, 2.45) is 5.73 Å². The molecule has 2 aromatic carbocycles. The average molecular weight is 274 g/mol. The number of benzene rings is 2. The zero-order valence-corrected chi connectivity index (χ0v) is 12.0. The van der Waals surface area contributed by atoms with Gasteiger partial charge >= 0.3 is 0 Å². The molecule has 1 atom stereocenters. The van der Waals surface area contributed by atoms with Gasteiger partial charge in [0.25, 0.3) is 0 Å². The van der Waals surface area contributed by atoms with Gasteiger partial charge in [0.05, 0.1) is 6.04 Å². The SMILES string of the molecule is CCCCc1ccc(C(N)c2ccc(Cl)cc2)cc1. The Labute approximate surface area is 120 Å². The summed E-state index contributed by atoms with van der Waals surface area (Å²) in [6.07, 6.45) is 3.61. The van der Waals surface area contributed by atoms with E-state index >= 15 is 0 Å². The van der Waals surface area contributed by atoms with Crippen molar-refractivity contribution >= 4 is 11.6 Å². The lowest BCUT2D eigenvalue weighted by atomic mass is 9.97. The maximum atomic E-state index is 6.27. The highest BCUT2D eigenvalue weighted by atomic mass is 35.5. The topological polar surface area (TPSA) is 26.0 Å². The second-order valence-corrected chi connectivity index (χ2v) is 5.31. The molecule has 2 N–H and O–H groups in total. The monoisotopic (exact) mass is 273 g/mol. The minimum atomic E-state index is -0.0857. The number of nitrogens with two attached hydrogens (primary N) is 1. The minimum Gasteiger partial charge on any atom is -0.320 e. The fraction of sp³-hybridized carbons (Fsp3) is 0.294. The zero-order chi connectivity index (χ0) is 13.7. The fourth-order valence-corrected chi connectivity index (χ4v) is 2.26.